The van der Waals surface area contributed by atoms with Gasteiger partial charge in [-0.15, -0.1) is 0 Å². The Morgan fingerprint density at radius 2 is 1.90 bits per heavy atom. The maximum Gasteiger partial charge on any atom is 0.138 e. The molecule has 0 aliphatic carbocycles. The van der Waals surface area contributed by atoms with Crippen LogP contribution in [0.4, 0.5) is 11.6 Å². The van der Waals surface area contributed by atoms with Gasteiger partial charge in [-0.3, -0.25) is 0 Å². The van der Waals surface area contributed by atoms with Gasteiger partial charge in [0.2, 0.25) is 0 Å². The Labute approximate surface area is 128 Å². The van der Waals surface area contributed by atoms with Crippen molar-refractivity contribution in [3.8, 4) is 0 Å². The predicted molar refractivity (Wildman–Crippen MR) is 88.5 cm³/mol. The zero-order valence-electron chi connectivity index (χ0n) is 14.0. The Balaban J connectivity index is 2.89. The van der Waals surface area contributed by atoms with Gasteiger partial charge in [0.05, 0.1) is 0 Å². The average molecular weight is 294 g/mol. The molecule has 0 radical (unpaired) electrons. The Bertz CT molecular complexity index is 448. The number of anilines is 2. The van der Waals surface area contributed by atoms with Crippen molar-refractivity contribution in [2.45, 2.75) is 59.3 Å². The van der Waals surface area contributed by atoms with E-state index >= 15 is 0 Å². The van der Waals surface area contributed by atoms with E-state index in [2.05, 4.69) is 43.0 Å². The molecule has 5 nitrogen and oxygen atoms in total. The lowest BCUT2D eigenvalue weighted by Gasteiger charge is -2.21. The fraction of sp³-hybridized carbons (Fsp3) is 0.750. The molecule has 0 saturated heterocycles. The Hall–Kier alpha value is -1.36. The molecule has 1 rings (SSSR count). The highest BCUT2D eigenvalue weighted by molar-refractivity contribution is 5.55. The molecular weight excluding hydrogens is 264 g/mol. The van der Waals surface area contributed by atoms with Crippen LogP contribution in [-0.4, -0.2) is 28.2 Å². The molecule has 0 fully saturated rings. The monoisotopic (exact) mass is 294 g/mol. The normalized spacial score (nSPS) is 13.2. The number of rotatable bonds is 7. The molecule has 0 saturated carbocycles. The van der Waals surface area contributed by atoms with Gasteiger partial charge in [0.1, 0.15) is 17.5 Å². The number of aromatic nitrogens is 2. The molecule has 1 unspecified atom stereocenters. The van der Waals surface area contributed by atoms with Crippen LogP contribution in [0.5, 0.6) is 0 Å². The van der Waals surface area contributed by atoms with Gasteiger partial charge in [-0.2, -0.15) is 0 Å². The predicted octanol–water partition coefficient (Wildman–Crippen LogP) is 2.88. The highest BCUT2D eigenvalue weighted by Crippen LogP contribution is 2.25. The molecule has 0 bridgehead atoms. The maximum atomic E-state index is 9.14. The number of nitrogens with two attached hydrogens (primary N) is 1. The van der Waals surface area contributed by atoms with Gasteiger partial charge in [-0.05, 0) is 25.7 Å². The second kappa shape index (κ2) is 7.59. The minimum Gasteiger partial charge on any atom is -0.396 e. The van der Waals surface area contributed by atoms with Crippen LogP contribution in [0.25, 0.3) is 0 Å². The second-order valence-electron chi connectivity index (χ2n) is 6.70. The van der Waals surface area contributed by atoms with E-state index in [0.717, 1.165) is 43.0 Å². The third kappa shape index (κ3) is 5.16. The largest absolute Gasteiger partial charge is 0.396 e. The van der Waals surface area contributed by atoms with Crippen LogP contribution >= 0.6 is 0 Å². The lowest BCUT2D eigenvalue weighted by molar-refractivity contribution is 0.255. The number of nitrogens with one attached hydrogen (secondary N) is 1. The molecule has 1 aromatic rings. The first kappa shape index (κ1) is 17.7. The highest BCUT2D eigenvalue weighted by atomic mass is 16.3. The zero-order chi connectivity index (χ0) is 16.0. The van der Waals surface area contributed by atoms with Crippen LogP contribution in [-0.2, 0) is 5.41 Å². The maximum absolute atomic E-state index is 9.14. The van der Waals surface area contributed by atoms with Crippen LogP contribution < -0.4 is 11.1 Å². The van der Waals surface area contributed by atoms with Gasteiger partial charge >= 0.3 is 0 Å². The minimum absolute atomic E-state index is 0.133. The van der Waals surface area contributed by atoms with Gasteiger partial charge in [0.25, 0.3) is 0 Å². The third-order valence-corrected chi connectivity index (χ3v) is 3.65. The van der Waals surface area contributed by atoms with Crippen LogP contribution in [0.2, 0.25) is 0 Å². The van der Waals surface area contributed by atoms with Crippen molar-refractivity contribution in [3.05, 3.63) is 11.4 Å². The quantitative estimate of drug-likeness (QED) is 0.720. The van der Waals surface area contributed by atoms with Gasteiger partial charge in [-0.25, -0.2) is 9.97 Å². The number of hydrogen-bond acceptors (Lipinski definition) is 5. The van der Waals surface area contributed by atoms with E-state index < -0.39 is 0 Å². The van der Waals surface area contributed by atoms with Crippen molar-refractivity contribution < 1.29 is 5.11 Å². The summed E-state index contributed by atoms with van der Waals surface area (Å²) < 4.78 is 0. The molecule has 0 aromatic carbocycles. The molecule has 0 aliphatic rings. The molecule has 1 heterocycles. The van der Waals surface area contributed by atoms with Gasteiger partial charge in [0.15, 0.2) is 0 Å². The molecule has 21 heavy (non-hydrogen) atoms. The van der Waals surface area contributed by atoms with Crippen LogP contribution in [0.3, 0.4) is 0 Å². The number of nitrogen functional groups attached to an aromatic ring is 1. The number of nitrogens with zero attached hydrogens (tertiary/aromatic N) is 2. The minimum atomic E-state index is -0.133. The van der Waals surface area contributed by atoms with E-state index in [0.29, 0.717) is 11.7 Å². The number of aliphatic hydroxyl groups is 1. The van der Waals surface area contributed by atoms with Crippen molar-refractivity contribution in [1.29, 1.82) is 0 Å². The molecular formula is C16H30N4O. The summed E-state index contributed by atoms with van der Waals surface area (Å²) in [5.74, 6) is 2.55. The summed E-state index contributed by atoms with van der Waals surface area (Å²) in [6.45, 7) is 11.4. The van der Waals surface area contributed by atoms with Gasteiger partial charge < -0.3 is 16.2 Å². The first-order valence-electron chi connectivity index (χ1n) is 7.78. The van der Waals surface area contributed by atoms with Crippen molar-refractivity contribution in [1.82, 2.24) is 9.97 Å². The van der Waals surface area contributed by atoms with Crippen LogP contribution in [0.15, 0.2) is 0 Å². The Kier molecular flexibility index (Phi) is 6.40. The Morgan fingerprint density at radius 1 is 1.24 bits per heavy atom. The molecule has 0 amide bonds. The average Bonchev–Trinajstić information content (AvgIpc) is 2.39. The molecule has 1 aromatic heterocycles. The van der Waals surface area contributed by atoms with E-state index in [1.165, 1.54) is 0 Å². The molecule has 0 spiro atoms. The highest BCUT2D eigenvalue weighted by Gasteiger charge is 2.20. The van der Waals surface area contributed by atoms with Crippen molar-refractivity contribution >= 4 is 11.6 Å². The van der Waals surface area contributed by atoms with Gasteiger partial charge in [0, 0.05) is 24.1 Å². The first-order valence-corrected chi connectivity index (χ1v) is 7.78. The smallest absolute Gasteiger partial charge is 0.138 e. The molecule has 120 valence electrons. The van der Waals surface area contributed by atoms with E-state index in [1.807, 2.05) is 6.92 Å². The van der Waals surface area contributed by atoms with Crippen LogP contribution in [0.1, 0.15) is 58.3 Å². The van der Waals surface area contributed by atoms with Crippen molar-refractivity contribution in [2.24, 2.45) is 5.92 Å². The molecule has 5 heteroatoms. The summed E-state index contributed by atoms with van der Waals surface area (Å²) in [5.41, 5.74) is 6.77. The van der Waals surface area contributed by atoms with E-state index in [-0.39, 0.29) is 12.0 Å². The van der Waals surface area contributed by atoms with Crippen molar-refractivity contribution in [3.63, 3.8) is 0 Å². The summed E-state index contributed by atoms with van der Waals surface area (Å²) >= 11 is 0. The summed E-state index contributed by atoms with van der Waals surface area (Å²) in [6.07, 6.45) is 3.02. The van der Waals surface area contributed by atoms with E-state index in [9.17, 15) is 0 Å². The van der Waals surface area contributed by atoms with Crippen molar-refractivity contribution in [2.75, 3.05) is 24.2 Å². The number of aliphatic hydroxyl groups excluding tert-OH is 1. The number of hydrogen-bond donors (Lipinski definition) is 3. The summed E-state index contributed by atoms with van der Waals surface area (Å²) in [6, 6.07) is 0. The molecule has 0 aliphatic heterocycles. The first-order chi connectivity index (χ1) is 9.79. The zero-order valence-corrected chi connectivity index (χ0v) is 14.0. The molecule has 1 atom stereocenters. The third-order valence-electron chi connectivity index (χ3n) is 3.65. The lowest BCUT2D eigenvalue weighted by Crippen LogP contribution is -2.21. The lowest BCUT2D eigenvalue weighted by atomic mass is 9.95. The fourth-order valence-electron chi connectivity index (χ4n) is 2.22. The van der Waals surface area contributed by atoms with Crippen LogP contribution in [0, 0.1) is 12.8 Å². The summed E-state index contributed by atoms with van der Waals surface area (Å²) in [4.78, 5) is 9.02. The Morgan fingerprint density at radius 3 is 2.43 bits per heavy atom. The van der Waals surface area contributed by atoms with Gasteiger partial charge in [-0.1, -0.05) is 34.1 Å². The molecule has 4 N–H and O–H groups in total. The summed E-state index contributed by atoms with van der Waals surface area (Å²) in [7, 11) is 0. The van der Waals surface area contributed by atoms with E-state index in [1.54, 1.807) is 0 Å². The van der Waals surface area contributed by atoms with E-state index in [4.69, 9.17) is 10.8 Å². The summed E-state index contributed by atoms with van der Waals surface area (Å²) in [5, 5.41) is 12.5. The standard InChI is InChI=1S/C16H30N4O/c1-6-7-12(8-9-21)10-18-14-11(2)13(17)19-15(20-14)16(3,4)5/h12,21H,6-10H2,1-5H3,(H3,17,18,19,20). The fourth-order valence-corrected chi connectivity index (χ4v) is 2.22. The second-order valence-corrected chi connectivity index (χ2v) is 6.70. The SMILES string of the molecule is CCCC(CCO)CNc1nc(C(C)(C)C)nc(N)c1C. The topological polar surface area (TPSA) is 84.1 Å².